The Morgan fingerprint density at radius 2 is 1.89 bits per heavy atom. The zero-order valence-corrected chi connectivity index (χ0v) is 10.6. The van der Waals surface area contributed by atoms with Crippen molar-refractivity contribution in [3.63, 3.8) is 0 Å². The van der Waals surface area contributed by atoms with Crippen LogP contribution in [-0.2, 0) is 0 Å². The van der Waals surface area contributed by atoms with Gasteiger partial charge >= 0.3 is 5.76 Å². The number of likely N-dealkylation sites (tertiary alicyclic amines) is 1. The first kappa shape index (κ1) is 12.0. The van der Waals surface area contributed by atoms with Crippen LogP contribution >= 0.6 is 0 Å². The molecule has 0 radical (unpaired) electrons. The SMILES string of the molecule is O=C(c1ccc2[nH]c(=O)oc2c1)N1CCCCCC1. The van der Waals surface area contributed by atoms with E-state index in [1.54, 1.807) is 18.2 Å². The van der Waals surface area contributed by atoms with Crippen molar-refractivity contribution < 1.29 is 9.21 Å². The summed E-state index contributed by atoms with van der Waals surface area (Å²) in [6.45, 7) is 1.63. The lowest BCUT2D eigenvalue weighted by Gasteiger charge is -2.20. The van der Waals surface area contributed by atoms with Crippen LogP contribution in [0, 0.1) is 0 Å². The van der Waals surface area contributed by atoms with Gasteiger partial charge in [0.1, 0.15) is 0 Å². The van der Waals surface area contributed by atoms with Crippen molar-refractivity contribution in [2.75, 3.05) is 13.1 Å². The third kappa shape index (κ3) is 2.41. The zero-order chi connectivity index (χ0) is 13.2. The summed E-state index contributed by atoms with van der Waals surface area (Å²) in [6, 6.07) is 5.09. The number of carbonyl (C=O) groups is 1. The van der Waals surface area contributed by atoms with Crippen LogP contribution in [0.25, 0.3) is 11.1 Å². The van der Waals surface area contributed by atoms with Gasteiger partial charge in [-0.1, -0.05) is 12.8 Å². The van der Waals surface area contributed by atoms with Gasteiger partial charge in [0.15, 0.2) is 5.58 Å². The van der Waals surface area contributed by atoms with Crippen LogP contribution in [0.1, 0.15) is 36.0 Å². The molecule has 1 N–H and O–H groups in total. The molecular weight excluding hydrogens is 244 g/mol. The molecule has 0 aliphatic carbocycles. The second-order valence-corrected chi connectivity index (χ2v) is 4.93. The number of oxazole rings is 1. The number of rotatable bonds is 1. The second-order valence-electron chi connectivity index (χ2n) is 4.93. The van der Waals surface area contributed by atoms with Crippen LogP contribution < -0.4 is 5.76 Å². The average Bonchev–Trinajstić information content (AvgIpc) is 2.63. The molecule has 1 aliphatic heterocycles. The number of carbonyl (C=O) groups excluding carboxylic acids is 1. The predicted octanol–water partition coefficient (Wildman–Crippen LogP) is 2.14. The monoisotopic (exact) mass is 260 g/mol. The lowest BCUT2D eigenvalue weighted by molar-refractivity contribution is 0.0761. The van der Waals surface area contributed by atoms with Crippen molar-refractivity contribution in [2.24, 2.45) is 0 Å². The number of H-pyrrole nitrogens is 1. The van der Waals surface area contributed by atoms with Crippen LogP contribution in [0.15, 0.2) is 27.4 Å². The summed E-state index contributed by atoms with van der Waals surface area (Å²) in [4.78, 5) is 28.0. The second kappa shape index (κ2) is 4.91. The van der Waals surface area contributed by atoms with E-state index in [1.165, 1.54) is 12.8 Å². The number of aromatic nitrogens is 1. The van der Waals surface area contributed by atoms with Gasteiger partial charge in [0.25, 0.3) is 5.91 Å². The maximum absolute atomic E-state index is 12.4. The van der Waals surface area contributed by atoms with Crippen molar-refractivity contribution in [1.82, 2.24) is 9.88 Å². The third-order valence-electron chi connectivity index (χ3n) is 3.56. The quantitative estimate of drug-likeness (QED) is 0.854. The summed E-state index contributed by atoms with van der Waals surface area (Å²) in [6.07, 6.45) is 4.51. The molecule has 100 valence electrons. The average molecular weight is 260 g/mol. The molecule has 1 amide bonds. The van der Waals surface area contributed by atoms with E-state index in [4.69, 9.17) is 4.42 Å². The highest BCUT2D eigenvalue weighted by Gasteiger charge is 2.18. The molecule has 0 unspecified atom stereocenters. The van der Waals surface area contributed by atoms with Gasteiger partial charge in [0.2, 0.25) is 0 Å². The van der Waals surface area contributed by atoms with Crippen LogP contribution in [-0.4, -0.2) is 28.9 Å². The molecule has 0 atom stereocenters. The molecule has 5 nitrogen and oxygen atoms in total. The number of fused-ring (bicyclic) bond motifs is 1. The number of hydrogen-bond donors (Lipinski definition) is 1. The summed E-state index contributed by atoms with van der Waals surface area (Å²) in [5, 5.41) is 0. The van der Waals surface area contributed by atoms with Crippen molar-refractivity contribution >= 4 is 17.0 Å². The highest BCUT2D eigenvalue weighted by Crippen LogP contribution is 2.17. The predicted molar refractivity (Wildman–Crippen MR) is 71.2 cm³/mol. The summed E-state index contributed by atoms with van der Waals surface area (Å²) < 4.78 is 4.99. The van der Waals surface area contributed by atoms with Gasteiger partial charge in [-0.25, -0.2) is 4.79 Å². The Bertz CT molecular complexity index is 648. The first-order valence-corrected chi connectivity index (χ1v) is 6.66. The molecule has 1 aromatic carbocycles. The first-order valence-electron chi connectivity index (χ1n) is 6.66. The topological polar surface area (TPSA) is 66.3 Å². The van der Waals surface area contributed by atoms with Crippen LogP contribution in [0.4, 0.5) is 0 Å². The van der Waals surface area contributed by atoms with Gasteiger partial charge in [-0.05, 0) is 31.0 Å². The minimum atomic E-state index is -0.491. The van der Waals surface area contributed by atoms with E-state index in [9.17, 15) is 9.59 Å². The molecule has 2 aromatic rings. The molecular formula is C14H16N2O3. The van der Waals surface area contributed by atoms with Crippen molar-refractivity contribution in [3.05, 3.63) is 34.3 Å². The molecule has 2 heterocycles. The summed E-state index contributed by atoms with van der Waals surface area (Å²) in [7, 11) is 0. The number of nitrogens with one attached hydrogen (secondary N) is 1. The van der Waals surface area contributed by atoms with E-state index in [0.717, 1.165) is 25.9 Å². The normalized spacial score (nSPS) is 16.5. The molecule has 0 bridgehead atoms. The fourth-order valence-corrected chi connectivity index (χ4v) is 2.53. The fraction of sp³-hybridized carbons (Fsp3) is 0.429. The smallest absolute Gasteiger partial charge is 0.408 e. The maximum atomic E-state index is 12.4. The van der Waals surface area contributed by atoms with Crippen LogP contribution in [0.2, 0.25) is 0 Å². The lowest BCUT2D eigenvalue weighted by atomic mass is 10.1. The zero-order valence-electron chi connectivity index (χ0n) is 10.6. The summed E-state index contributed by atoms with van der Waals surface area (Å²) in [5.41, 5.74) is 1.64. The Kier molecular flexibility index (Phi) is 3.11. The Balaban J connectivity index is 1.89. The number of nitrogens with zero attached hydrogens (tertiary/aromatic N) is 1. The minimum absolute atomic E-state index is 0.0210. The lowest BCUT2D eigenvalue weighted by Crippen LogP contribution is -2.31. The Hall–Kier alpha value is -2.04. The van der Waals surface area contributed by atoms with E-state index in [-0.39, 0.29) is 5.91 Å². The van der Waals surface area contributed by atoms with Crippen molar-refractivity contribution in [1.29, 1.82) is 0 Å². The molecule has 19 heavy (non-hydrogen) atoms. The molecule has 1 aliphatic rings. The number of aromatic amines is 1. The minimum Gasteiger partial charge on any atom is -0.408 e. The van der Waals surface area contributed by atoms with Crippen molar-refractivity contribution in [3.8, 4) is 0 Å². The summed E-state index contributed by atoms with van der Waals surface area (Å²) in [5.74, 6) is -0.470. The Morgan fingerprint density at radius 3 is 2.63 bits per heavy atom. The van der Waals surface area contributed by atoms with E-state index in [2.05, 4.69) is 4.98 Å². The highest BCUT2D eigenvalue weighted by atomic mass is 16.4. The Labute approximate surface area is 110 Å². The molecule has 1 fully saturated rings. The Morgan fingerprint density at radius 1 is 1.16 bits per heavy atom. The maximum Gasteiger partial charge on any atom is 0.417 e. The third-order valence-corrected chi connectivity index (χ3v) is 3.56. The van der Waals surface area contributed by atoms with Gasteiger partial charge < -0.3 is 9.32 Å². The highest BCUT2D eigenvalue weighted by molar-refractivity contribution is 5.97. The van der Waals surface area contributed by atoms with Gasteiger partial charge in [0.05, 0.1) is 5.52 Å². The fourth-order valence-electron chi connectivity index (χ4n) is 2.53. The largest absolute Gasteiger partial charge is 0.417 e. The van der Waals surface area contributed by atoms with Gasteiger partial charge in [-0.3, -0.25) is 9.78 Å². The molecule has 3 rings (SSSR count). The molecule has 1 saturated heterocycles. The molecule has 1 aromatic heterocycles. The number of benzene rings is 1. The van der Waals surface area contributed by atoms with Gasteiger partial charge in [-0.15, -0.1) is 0 Å². The number of hydrogen-bond acceptors (Lipinski definition) is 3. The van der Waals surface area contributed by atoms with E-state index in [1.807, 2.05) is 4.90 Å². The van der Waals surface area contributed by atoms with E-state index >= 15 is 0 Å². The standard InChI is InChI=1S/C14H16N2O3/c17-13(16-7-3-1-2-4-8-16)10-5-6-11-12(9-10)19-14(18)15-11/h5-6,9H,1-4,7-8H2,(H,15,18). The van der Waals surface area contributed by atoms with Crippen molar-refractivity contribution in [2.45, 2.75) is 25.7 Å². The van der Waals surface area contributed by atoms with Gasteiger partial charge in [0, 0.05) is 18.7 Å². The summed E-state index contributed by atoms with van der Waals surface area (Å²) >= 11 is 0. The molecule has 0 saturated carbocycles. The first-order chi connectivity index (χ1) is 9.24. The van der Waals surface area contributed by atoms with Crippen LogP contribution in [0.5, 0.6) is 0 Å². The van der Waals surface area contributed by atoms with E-state index < -0.39 is 5.76 Å². The number of amides is 1. The van der Waals surface area contributed by atoms with E-state index in [0.29, 0.717) is 16.7 Å². The molecule has 5 heteroatoms. The van der Waals surface area contributed by atoms with Crippen LogP contribution in [0.3, 0.4) is 0 Å². The van der Waals surface area contributed by atoms with Gasteiger partial charge in [-0.2, -0.15) is 0 Å². The molecule has 0 spiro atoms.